The molecule has 0 aliphatic heterocycles. The maximum atomic E-state index is 10.9. The fourth-order valence-electron chi connectivity index (χ4n) is 1.78. The van der Waals surface area contributed by atoms with Crippen LogP contribution in [0.25, 0.3) is 0 Å². The third-order valence-corrected chi connectivity index (χ3v) is 2.57. The van der Waals surface area contributed by atoms with E-state index in [2.05, 4.69) is 5.10 Å². The van der Waals surface area contributed by atoms with Crippen LogP contribution < -0.4 is 0 Å². The summed E-state index contributed by atoms with van der Waals surface area (Å²) in [5, 5.41) is 23.3. The third kappa shape index (κ3) is 2.76. The molecule has 7 heteroatoms. The molecule has 1 heterocycles. The normalized spacial score (nSPS) is 10.4. The van der Waals surface area contributed by atoms with Gasteiger partial charge in [-0.15, -0.1) is 0 Å². The van der Waals surface area contributed by atoms with Crippen LogP contribution in [0.15, 0.2) is 30.5 Å². The molecule has 0 unspecified atom stereocenters. The molecule has 19 heavy (non-hydrogen) atoms. The zero-order chi connectivity index (χ0) is 14.0. The van der Waals surface area contributed by atoms with Crippen molar-refractivity contribution in [2.45, 2.75) is 13.5 Å². The lowest BCUT2D eigenvalue weighted by atomic mass is 10.1. The Morgan fingerprint density at radius 2 is 2.26 bits per heavy atom. The molecule has 0 atom stereocenters. The van der Waals surface area contributed by atoms with Gasteiger partial charge < -0.3 is 5.11 Å². The van der Waals surface area contributed by atoms with Crippen molar-refractivity contribution in [1.82, 2.24) is 9.78 Å². The van der Waals surface area contributed by atoms with Crippen LogP contribution in [0.1, 0.15) is 21.6 Å². The van der Waals surface area contributed by atoms with E-state index in [9.17, 15) is 14.9 Å². The number of hydrogen-bond donors (Lipinski definition) is 1. The Labute approximate surface area is 108 Å². The van der Waals surface area contributed by atoms with Crippen LogP contribution in [0.3, 0.4) is 0 Å². The van der Waals surface area contributed by atoms with Gasteiger partial charge in [0.15, 0.2) is 0 Å². The standard InChI is InChI=1S/C12H11N3O4/c1-8-3-2-4-9(5-8)6-14-7-10(15(18)19)11(13-14)12(16)17/h2-5,7H,6H2,1H3,(H,16,17). The highest BCUT2D eigenvalue weighted by Gasteiger charge is 2.25. The van der Waals surface area contributed by atoms with Gasteiger partial charge in [-0.3, -0.25) is 14.8 Å². The molecule has 0 amide bonds. The second kappa shape index (κ2) is 4.89. The molecule has 1 aromatic heterocycles. The number of aromatic nitrogens is 2. The lowest BCUT2D eigenvalue weighted by Crippen LogP contribution is -2.04. The van der Waals surface area contributed by atoms with Crippen molar-refractivity contribution in [1.29, 1.82) is 0 Å². The van der Waals surface area contributed by atoms with Gasteiger partial charge in [0.25, 0.3) is 0 Å². The van der Waals surface area contributed by atoms with Crippen molar-refractivity contribution in [2.24, 2.45) is 0 Å². The fourth-order valence-corrected chi connectivity index (χ4v) is 1.78. The Morgan fingerprint density at radius 3 is 2.79 bits per heavy atom. The first kappa shape index (κ1) is 12.7. The van der Waals surface area contributed by atoms with Crippen LogP contribution in [0.5, 0.6) is 0 Å². The topological polar surface area (TPSA) is 98.3 Å². The largest absolute Gasteiger partial charge is 0.476 e. The summed E-state index contributed by atoms with van der Waals surface area (Å²) in [4.78, 5) is 20.9. The Bertz CT molecular complexity index is 617. The first-order chi connectivity index (χ1) is 8.97. The van der Waals surface area contributed by atoms with Crippen LogP contribution in [0, 0.1) is 17.0 Å². The van der Waals surface area contributed by atoms with E-state index < -0.39 is 22.3 Å². The summed E-state index contributed by atoms with van der Waals surface area (Å²) in [5.41, 5.74) is 0.907. The van der Waals surface area contributed by atoms with Crippen molar-refractivity contribution in [3.63, 3.8) is 0 Å². The van der Waals surface area contributed by atoms with Gasteiger partial charge in [-0.05, 0) is 12.5 Å². The lowest BCUT2D eigenvalue weighted by molar-refractivity contribution is -0.385. The number of benzene rings is 1. The van der Waals surface area contributed by atoms with E-state index >= 15 is 0 Å². The van der Waals surface area contributed by atoms with Gasteiger partial charge >= 0.3 is 11.7 Å². The smallest absolute Gasteiger partial charge is 0.363 e. The number of nitrogens with zero attached hydrogens (tertiary/aromatic N) is 3. The molecule has 0 aliphatic rings. The van der Waals surface area contributed by atoms with Crippen molar-refractivity contribution in [2.75, 3.05) is 0 Å². The molecule has 7 nitrogen and oxygen atoms in total. The van der Waals surface area contributed by atoms with Crippen molar-refractivity contribution in [3.8, 4) is 0 Å². The van der Waals surface area contributed by atoms with Crippen LogP contribution in [0.2, 0.25) is 0 Å². The van der Waals surface area contributed by atoms with Crippen LogP contribution in [-0.4, -0.2) is 25.8 Å². The van der Waals surface area contributed by atoms with Crippen molar-refractivity contribution >= 4 is 11.7 Å². The minimum atomic E-state index is -1.41. The number of carbonyl (C=O) groups is 1. The van der Waals surface area contributed by atoms with Gasteiger partial charge in [0.05, 0.1) is 11.5 Å². The van der Waals surface area contributed by atoms with Gasteiger partial charge in [0.1, 0.15) is 6.20 Å². The monoisotopic (exact) mass is 261 g/mol. The average Bonchev–Trinajstić information content (AvgIpc) is 2.73. The number of carboxylic acids is 1. The van der Waals surface area contributed by atoms with Gasteiger partial charge in [-0.1, -0.05) is 29.8 Å². The number of rotatable bonds is 4. The van der Waals surface area contributed by atoms with Crippen LogP contribution >= 0.6 is 0 Å². The summed E-state index contributed by atoms with van der Waals surface area (Å²) in [5.74, 6) is -1.41. The minimum Gasteiger partial charge on any atom is -0.476 e. The van der Waals surface area contributed by atoms with E-state index in [-0.39, 0.29) is 6.54 Å². The predicted octanol–water partition coefficient (Wildman–Crippen LogP) is 1.85. The van der Waals surface area contributed by atoms with Gasteiger partial charge in [-0.2, -0.15) is 5.10 Å². The fraction of sp³-hybridized carbons (Fsp3) is 0.167. The van der Waals surface area contributed by atoms with Crippen LogP contribution in [-0.2, 0) is 6.54 Å². The molecule has 0 fully saturated rings. The van der Waals surface area contributed by atoms with E-state index in [4.69, 9.17) is 5.11 Å². The summed E-state index contributed by atoms with van der Waals surface area (Å²) in [6.45, 7) is 2.22. The maximum absolute atomic E-state index is 10.9. The minimum absolute atomic E-state index is 0.287. The molecule has 2 aromatic rings. The second-order valence-corrected chi connectivity index (χ2v) is 4.11. The second-order valence-electron chi connectivity index (χ2n) is 4.11. The quantitative estimate of drug-likeness (QED) is 0.668. The molecule has 0 spiro atoms. The third-order valence-electron chi connectivity index (χ3n) is 2.57. The molecule has 2 rings (SSSR count). The van der Waals surface area contributed by atoms with E-state index in [1.165, 1.54) is 4.68 Å². The summed E-state index contributed by atoms with van der Waals surface area (Å²) in [6.07, 6.45) is 1.13. The van der Waals surface area contributed by atoms with Crippen molar-refractivity contribution < 1.29 is 14.8 Å². The zero-order valence-electron chi connectivity index (χ0n) is 10.1. The maximum Gasteiger partial charge on any atom is 0.363 e. The lowest BCUT2D eigenvalue weighted by Gasteiger charge is -2.02. The van der Waals surface area contributed by atoms with E-state index in [1.807, 2.05) is 31.2 Å². The van der Waals surface area contributed by atoms with Gasteiger partial charge in [0, 0.05) is 0 Å². The molecular formula is C12H11N3O4. The van der Waals surface area contributed by atoms with Crippen molar-refractivity contribution in [3.05, 3.63) is 57.4 Å². The summed E-state index contributed by atoms with van der Waals surface area (Å²) >= 11 is 0. The van der Waals surface area contributed by atoms with E-state index in [0.717, 1.165) is 17.3 Å². The van der Waals surface area contributed by atoms with Gasteiger partial charge in [-0.25, -0.2) is 4.79 Å². The first-order valence-electron chi connectivity index (χ1n) is 5.48. The Balaban J connectivity index is 2.34. The van der Waals surface area contributed by atoms with E-state index in [0.29, 0.717) is 0 Å². The van der Waals surface area contributed by atoms with Gasteiger partial charge in [0.2, 0.25) is 5.69 Å². The van der Waals surface area contributed by atoms with E-state index in [1.54, 1.807) is 0 Å². The Kier molecular flexibility index (Phi) is 3.28. The molecule has 0 radical (unpaired) electrons. The highest BCUT2D eigenvalue weighted by atomic mass is 16.6. The first-order valence-corrected chi connectivity index (χ1v) is 5.48. The molecular weight excluding hydrogens is 250 g/mol. The molecule has 0 aliphatic carbocycles. The van der Waals surface area contributed by atoms with Crippen LogP contribution in [0.4, 0.5) is 5.69 Å². The summed E-state index contributed by atoms with van der Waals surface area (Å²) < 4.78 is 1.26. The number of aryl methyl sites for hydroxylation is 1. The Morgan fingerprint density at radius 1 is 1.53 bits per heavy atom. The number of hydrogen-bond acceptors (Lipinski definition) is 4. The highest BCUT2D eigenvalue weighted by molar-refractivity contribution is 5.89. The summed E-state index contributed by atoms with van der Waals surface area (Å²) in [6, 6.07) is 7.55. The number of aromatic carboxylic acids is 1. The average molecular weight is 261 g/mol. The Hall–Kier alpha value is -2.70. The highest BCUT2D eigenvalue weighted by Crippen LogP contribution is 2.17. The zero-order valence-corrected chi connectivity index (χ0v) is 10.1. The number of carboxylic acid groups (broad SMARTS) is 1. The molecule has 1 N–H and O–H groups in total. The number of nitro groups is 1. The summed E-state index contributed by atoms with van der Waals surface area (Å²) in [7, 11) is 0. The molecule has 0 saturated heterocycles. The predicted molar refractivity (Wildman–Crippen MR) is 66.1 cm³/mol. The molecule has 1 aromatic carbocycles. The molecule has 98 valence electrons. The molecule has 0 saturated carbocycles. The molecule has 0 bridgehead atoms. The SMILES string of the molecule is Cc1cccc(Cn2cc([N+](=O)[O-])c(C(=O)O)n2)c1.